The average Bonchev–Trinajstić information content (AvgIpc) is 2.78. The predicted octanol–water partition coefficient (Wildman–Crippen LogP) is 2.68. The molecule has 0 saturated carbocycles. The van der Waals surface area contributed by atoms with Gasteiger partial charge in [0.1, 0.15) is 5.75 Å². The topological polar surface area (TPSA) is 91.0 Å². The zero-order chi connectivity index (χ0) is 23.1. The molecule has 1 heterocycles. The molecule has 2 N–H and O–H groups in total. The summed E-state index contributed by atoms with van der Waals surface area (Å²) in [5.41, 5.74) is 2.12. The van der Waals surface area contributed by atoms with Gasteiger partial charge in [0.15, 0.2) is 5.11 Å². The molecule has 0 bridgehead atoms. The third-order valence-electron chi connectivity index (χ3n) is 5.02. The van der Waals surface area contributed by atoms with Crippen molar-refractivity contribution in [1.29, 1.82) is 0 Å². The van der Waals surface area contributed by atoms with Crippen molar-refractivity contribution in [1.82, 2.24) is 9.62 Å². The first-order chi connectivity index (χ1) is 15.3. The number of nitrogens with zero attached hydrogens (tertiary/aromatic N) is 2. The van der Waals surface area contributed by atoms with E-state index in [2.05, 4.69) is 15.5 Å². The van der Waals surface area contributed by atoms with E-state index in [4.69, 9.17) is 17.0 Å². The lowest BCUT2D eigenvalue weighted by Gasteiger charge is -2.35. The molecule has 1 aliphatic heterocycles. The predicted molar refractivity (Wildman–Crippen MR) is 131 cm³/mol. The van der Waals surface area contributed by atoms with Gasteiger partial charge in [-0.3, -0.25) is 10.1 Å². The van der Waals surface area contributed by atoms with Crippen molar-refractivity contribution in [3.05, 3.63) is 54.1 Å². The van der Waals surface area contributed by atoms with Gasteiger partial charge >= 0.3 is 0 Å². The highest BCUT2D eigenvalue weighted by molar-refractivity contribution is 7.88. The van der Waals surface area contributed by atoms with Crippen molar-refractivity contribution in [2.24, 2.45) is 0 Å². The number of para-hydroxylation sites is 2. The van der Waals surface area contributed by atoms with Crippen LogP contribution in [0.15, 0.2) is 48.5 Å². The molecule has 0 spiro atoms. The second-order valence-corrected chi connectivity index (χ2v) is 9.84. The van der Waals surface area contributed by atoms with Crippen LogP contribution in [0.5, 0.6) is 5.75 Å². The van der Waals surface area contributed by atoms with Crippen LogP contribution in [0.25, 0.3) is 0 Å². The van der Waals surface area contributed by atoms with Crippen LogP contribution in [0.1, 0.15) is 23.7 Å². The van der Waals surface area contributed by atoms with Crippen LogP contribution >= 0.6 is 12.2 Å². The molecule has 1 fully saturated rings. The van der Waals surface area contributed by atoms with Gasteiger partial charge < -0.3 is 15.0 Å². The Morgan fingerprint density at radius 2 is 1.72 bits per heavy atom. The maximum Gasteiger partial charge on any atom is 0.257 e. The Bertz CT molecular complexity index is 1050. The van der Waals surface area contributed by atoms with Crippen LogP contribution in [0.3, 0.4) is 0 Å². The first-order valence-electron chi connectivity index (χ1n) is 10.4. The number of benzene rings is 2. The molecule has 8 nitrogen and oxygen atoms in total. The Kier molecular flexibility index (Phi) is 8.05. The van der Waals surface area contributed by atoms with Gasteiger partial charge in [0, 0.05) is 31.7 Å². The summed E-state index contributed by atoms with van der Waals surface area (Å²) in [5, 5.41) is 5.97. The monoisotopic (exact) mass is 476 g/mol. The number of carbonyl (C=O) groups is 1. The van der Waals surface area contributed by atoms with Gasteiger partial charge in [-0.1, -0.05) is 19.1 Å². The summed E-state index contributed by atoms with van der Waals surface area (Å²) < 4.78 is 30.5. The molecule has 10 heteroatoms. The van der Waals surface area contributed by atoms with Crippen molar-refractivity contribution >= 4 is 44.6 Å². The van der Waals surface area contributed by atoms with E-state index in [0.717, 1.165) is 17.8 Å². The van der Waals surface area contributed by atoms with Crippen LogP contribution < -0.4 is 20.3 Å². The summed E-state index contributed by atoms with van der Waals surface area (Å²) in [6.07, 6.45) is 2.14. The van der Waals surface area contributed by atoms with Gasteiger partial charge in [-0.05, 0) is 55.0 Å². The molecule has 0 unspecified atom stereocenters. The molecule has 0 radical (unpaired) electrons. The van der Waals surface area contributed by atoms with E-state index in [1.807, 2.05) is 31.2 Å². The number of hydrogen-bond acceptors (Lipinski definition) is 6. The lowest BCUT2D eigenvalue weighted by atomic mass is 10.2. The molecule has 1 amide bonds. The quantitative estimate of drug-likeness (QED) is 0.594. The number of rotatable bonds is 7. The Morgan fingerprint density at radius 3 is 2.34 bits per heavy atom. The third-order valence-corrected chi connectivity index (χ3v) is 6.52. The molecule has 2 aromatic carbocycles. The molecule has 1 aliphatic rings. The number of amides is 1. The third kappa shape index (κ3) is 6.41. The van der Waals surface area contributed by atoms with Gasteiger partial charge in [-0.25, -0.2) is 8.42 Å². The largest absolute Gasteiger partial charge is 0.494 e. The Morgan fingerprint density at radius 1 is 1.06 bits per heavy atom. The maximum atomic E-state index is 12.5. The van der Waals surface area contributed by atoms with Crippen molar-refractivity contribution < 1.29 is 17.9 Å². The highest BCUT2D eigenvalue weighted by Gasteiger charge is 2.24. The van der Waals surface area contributed by atoms with Gasteiger partial charge in [-0.2, -0.15) is 4.31 Å². The van der Waals surface area contributed by atoms with Crippen LogP contribution in [0, 0.1) is 0 Å². The van der Waals surface area contributed by atoms with Crippen LogP contribution in [0.2, 0.25) is 0 Å². The van der Waals surface area contributed by atoms with E-state index in [9.17, 15) is 13.2 Å². The second-order valence-electron chi connectivity index (χ2n) is 7.45. The molecule has 3 rings (SSSR count). The lowest BCUT2D eigenvalue weighted by Crippen LogP contribution is -2.48. The molecule has 32 heavy (non-hydrogen) atoms. The first kappa shape index (κ1) is 24.0. The standard InChI is InChI=1S/C22H28N4O4S2/c1-3-16-30-18-10-8-17(9-11-18)21(27)24-22(31)23-19-6-4-5-7-20(19)25-12-14-26(15-13-25)32(2,28)29/h4-11H,3,12-16H2,1-2H3,(H2,23,24,27,31). The first-order valence-corrected chi connectivity index (χ1v) is 12.7. The van der Waals surface area contributed by atoms with Gasteiger partial charge in [0.05, 0.1) is 24.2 Å². The molecular weight excluding hydrogens is 448 g/mol. The smallest absolute Gasteiger partial charge is 0.257 e. The minimum Gasteiger partial charge on any atom is -0.494 e. The highest BCUT2D eigenvalue weighted by atomic mass is 32.2. The summed E-state index contributed by atoms with van der Waals surface area (Å²) in [6, 6.07) is 14.5. The fourth-order valence-electron chi connectivity index (χ4n) is 3.37. The number of sulfonamides is 1. The van der Waals surface area contributed by atoms with E-state index < -0.39 is 10.0 Å². The molecule has 172 valence electrons. The number of thiocarbonyl (C=S) groups is 1. The fourth-order valence-corrected chi connectivity index (χ4v) is 4.40. The number of anilines is 2. The lowest BCUT2D eigenvalue weighted by molar-refractivity contribution is 0.0977. The summed E-state index contributed by atoms with van der Waals surface area (Å²) in [7, 11) is -3.19. The minimum atomic E-state index is -3.19. The zero-order valence-corrected chi connectivity index (χ0v) is 19.8. The molecule has 2 aromatic rings. The van der Waals surface area contributed by atoms with E-state index in [1.54, 1.807) is 24.3 Å². The molecule has 0 aromatic heterocycles. The Hall–Kier alpha value is -2.69. The minimum absolute atomic E-state index is 0.184. The second kappa shape index (κ2) is 10.8. The Labute approximate surface area is 194 Å². The van der Waals surface area contributed by atoms with Crippen LogP contribution in [-0.2, 0) is 10.0 Å². The van der Waals surface area contributed by atoms with Gasteiger partial charge in [-0.15, -0.1) is 0 Å². The maximum absolute atomic E-state index is 12.5. The van der Waals surface area contributed by atoms with Gasteiger partial charge in [0.2, 0.25) is 10.0 Å². The number of ether oxygens (including phenoxy) is 1. The number of carbonyl (C=O) groups excluding carboxylic acids is 1. The van der Waals surface area contributed by atoms with E-state index in [-0.39, 0.29) is 11.0 Å². The van der Waals surface area contributed by atoms with E-state index in [1.165, 1.54) is 10.6 Å². The normalized spacial score (nSPS) is 14.6. The molecule has 0 aliphatic carbocycles. The summed E-state index contributed by atoms with van der Waals surface area (Å²) in [4.78, 5) is 14.6. The molecule has 1 saturated heterocycles. The summed E-state index contributed by atoms with van der Waals surface area (Å²) in [5.74, 6) is 0.401. The number of hydrogen-bond donors (Lipinski definition) is 2. The number of nitrogens with one attached hydrogen (secondary N) is 2. The Balaban J connectivity index is 1.60. The van der Waals surface area contributed by atoms with Crippen molar-refractivity contribution in [3.63, 3.8) is 0 Å². The van der Waals surface area contributed by atoms with Crippen molar-refractivity contribution in [2.75, 3.05) is 49.3 Å². The van der Waals surface area contributed by atoms with Crippen LogP contribution in [-0.4, -0.2) is 62.8 Å². The highest BCUT2D eigenvalue weighted by Crippen LogP contribution is 2.27. The average molecular weight is 477 g/mol. The number of piperazine rings is 1. The van der Waals surface area contributed by atoms with Gasteiger partial charge in [0.25, 0.3) is 5.91 Å². The molecule has 0 atom stereocenters. The van der Waals surface area contributed by atoms with Crippen molar-refractivity contribution in [3.8, 4) is 5.75 Å². The van der Waals surface area contributed by atoms with E-state index >= 15 is 0 Å². The molecular formula is C22H28N4O4S2. The zero-order valence-electron chi connectivity index (χ0n) is 18.2. The van der Waals surface area contributed by atoms with E-state index in [0.29, 0.717) is 44.1 Å². The summed E-state index contributed by atoms with van der Waals surface area (Å²) in [6.45, 7) is 4.64. The SMILES string of the molecule is CCCOc1ccc(C(=O)NC(=S)Nc2ccccc2N2CCN(S(C)(=O)=O)CC2)cc1. The van der Waals surface area contributed by atoms with Crippen LogP contribution in [0.4, 0.5) is 11.4 Å². The summed E-state index contributed by atoms with van der Waals surface area (Å²) >= 11 is 5.35. The fraction of sp³-hybridized carbons (Fsp3) is 0.364. The van der Waals surface area contributed by atoms with Crippen molar-refractivity contribution in [2.45, 2.75) is 13.3 Å².